The first kappa shape index (κ1) is 15.2. The van der Waals surface area contributed by atoms with Gasteiger partial charge < -0.3 is 9.16 Å². The first-order chi connectivity index (χ1) is 8.80. The van der Waals surface area contributed by atoms with Crippen molar-refractivity contribution < 1.29 is 9.16 Å². The number of hydrogen-bond acceptors (Lipinski definition) is 2. The van der Waals surface area contributed by atoms with Crippen LogP contribution >= 0.6 is 0 Å². The lowest BCUT2D eigenvalue weighted by Crippen LogP contribution is -2.25. The molecule has 0 spiro atoms. The smallest absolute Gasteiger partial charge is 0.202 e. The Balaban J connectivity index is 2.32. The van der Waals surface area contributed by atoms with E-state index in [9.17, 15) is 0 Å². The Bertz CT molecular complexity index is 329. The molecule has 0 saturated heterocycles. The van der Waals surface area contributed by atoms with Gasteiger partial charge in [-0.2, -0.15) is 0 Å². The van der Waals surface area contributed by atoms with Crippen LogP contribution in [0, 0.1) is 0 Å². The van der Waals surface area contributed by atoms with Crippen molar-refractivity contribution in [1.29, 1.82) is 0 Å². The zero-order valence-electron chi connectivity index (χ0n) is 11.5. The van der Waals surface area contributed by atoms with E-state index in [1.165, 1.54) is 18.0 Å². The van der Waals surface area contributed by atoms with Crippen molar-refractivity contribution in [3.63, 3.8) is 0 Å². The molecule has 3 heteroatoms. The minimum Gasteiger partial charge on any atom is -0.417 e. The van der Waals surface area contributed by atoms with E-state index in [-0.39, 0.29) is 0 Å². The number of rotatable bonds is 9. The number of benzene rings is 1. The molecule has 0 fully saturated rings. The molecule has 0 saturated carbocycles. The quantitative estimate of drug-likeness (QED) is 0.638. The maximum atomic E-state index is 5.98. The second-order valence-corrected chi connectivity index (χ2v) is 6.92. The van der Waals surface area contributed by atoms with Gasteiger partial charge in [-0.15, -0.1) is 0 Å². The van der Waals surface area contributed by atoms with Crippen molar-refractivity contribution >= 4 is 15.1 Å². The normalized spacial score (nSPS) is 12.3. The summed E-state index contributed by atoms with van der Waals surface area (Å²) in [4.78, 5) is 0. The molecule has 1 aromatic rings. The van der Waals surface area contributed by atoms with Crippen molar-refractivity contribution in [3.05, 3.63) is 42.0 Å². The molecule has 0 aliphatic heterocycles. The molecule has 0 aromatic heterocycles. The molecule has 100 valence electrons. The predicted octanol–water partition coefficient (Wildman–Crippen LogP) is 3.21. The largest absolute Gasteiger partial charge is 0.417 e. The van der Waals surface area contributed by atoms with Gasteiger partial charge in [-0.05, 0) is 23.6 Å². The fraction of sp³-hybridized carbons (Fsp3) is 0.467. The summed E-state index contributed by atoms with van der Waals surface area (Å²) in [6.45, 7) is 6.77. The van der Waals surface area contributed by atoms with Crippen LogP contribution in [0.2, 0.25) is 6.04 Å². The number of methoxy groups -OCH3 is 1. The Labute approximate surface area is 112 Å². The fourth-order valence-electron chi connectivity index (χ4n) is 1.89. The standard InChI is InChI=1S/C15H24O2Si/c1-4-12-18(13-16-3)17-11-10-15-8-6-14(5-2)7-9-15/h5-9,18H,2,4,10-13H2,1,3H3. The highest BCUT2D eigenvalue weighted by Crippen LogP contribution is 2.07. The van der Waals surface area contributed by atoms with Crippen molar-refractivity contribution in [3.8, 4) is 0 Å². The highest BCUT2D eigenvalue weighted by Gasteiger charge is 2.10. The van der Waals surface area contributed by atoms with E-state index < -0.39 is 9.04 Å². The van der Waals surface area contributed by atoms with Crippen LogP contribution in [0.1, 0.15) is 24.5 Å². The maximum absolute atomic E-state index is 5.98. The van der Waals surface area contributed by atoms with Crippen LogP contribution < -0.4 is 0 Å². The number of hydrogen-bond donors (Lipinski definition) is 0. The third kappa shape index (κ3) is 5.62. The van der Waals surface area contributed by atoms with Gasteiger partial charge in [0.15, 0.2) is 0 Å². The molecule has 0 N–H and O–H groups in total. The summed E-state index contributed by atoms with van der Waals surface area (Å²) in [6.07, 6.45) is 4.86. The summed E-state index contributed by atoms with van der Waals surface area (Å²) in [5.74, 6) is 0. The molecule has 1 aromatic carbocycles. The summed E-state index contributed by atoms with van der Waals surface area (Å²) in [5, 5.41) is 0. The molecule has 1 rings (SSSR count). The van der Waals surface area contributed by atoms with Crippen molar-refractivity contribution in [2.75, 3.05) is 19.9 Å². The molecule has 1 atom stereocenters. The Morgan fingerprint density at radius 3 is 2.56 bits per heavy atom. The molecule has 0 bridgehead atoms. The molecule has 1 unspecified atom stereocenters. The van der Waals surface area contributed by atoms with Gasteiger partial charge in [-0.3, -0.25) is 0 Å². The van der Waals surface area contributed by atoms with E-state index in [0.717, 1.165) is 24.8 Å². The average molecular weight is 264 g/mol. The van der Waals surface area contributed by atoms with Crippen LogP contribution in [-0.2, 0) is 15.6 Å². The summed E-state index contributed by atoms with van der Waals surface area (Å²) in [6, 6.07) is 9.68. The fourth-order valence-corrected chi connectivity index (χ4v) is 3.78. The van der Waals surface area contributed by atoms with E-state index in [0.29, 0.717) is 0 Å². The SMILES string of the molecule is C=Cc1ccc(CCO[SiH](CCC)COC)cc1. The zero-order valence-corrected chi connectivity index (χ0v) is 12.7. The van der Waals surface area contributed by atoms with Crippen LogP contribution in [-0.4, -0.2) is 29.0 Å². The van der Waals surface area contributed by atoms with E-state index in [4.69, 9.17) is 9.16 Å². The van der Waals surface area contributed by atoms with Crippen LogP contribution in [0.25, 0.3) is 6.08 Å². The lowest BCUT2D eigenvalue weighted by molar-refractivity contribution is 0.217. The molecule has 0 radical (unpaired) electrons. The molecule has 0 amide bonds. The van der Waals surface area contributed by atoms with Crippen molar-refractivity contribution in [2.24, 2.45) is 0 Å². The van der Waals surface area contributed by atoms with Crippen LogP contribution in [0.5, 0.6) is 0 Å². The summed E-state index contributed by atoms with van der Waals surface area (Å²) in [7, 11) is 0.628. The van der Waals surface area contributed by atoms with Gasteiger partial charge in [-0.1, -0.05) is 50.3 Å². The van der Waals surface area contributed by atoms with E-state index in [2.05, 4.69) is 37.8 Å². The van der Waals surface area contributed by atoms with Gasteiger partial charge in [0.05, 0.1) is 6.23 Å². The zero-order chi connectivity index (χ0) is 13.2. The second-order valence-electron chi connectivity index (χ2n) is 4.43. The molecule has 2 nitrogen and oxygen atoms in total. The minimum atomic E-state index is -1.13. The van der Waals surface area contributed by atoms with Crippen LogP contribution in [0.3, 0.4) is 0 Å². The molecule has 0 aliphatic rings. The van der Waals surface area contributed by atoms with Gasteiger partial charge in [0.25, 0.3) is 0 Å². The van der Waals surface area contributed by atoms with Crippen LogP contribution in [0.4, 0.5) is 0 Å². The predicted molar refractivity (Wildman–Crippen MR) is 80.3 cm³/mol. The van der Waals surface area contributed by atoms with E-state index >= 15 is 0 Å². The molecular formula is C15H24O2Si. The molecule has 0 heterocycles. The van der Waals surface area contributed by atoms with Crippen molar-refractivity contribution in [1.82, 2.24) is 0 Å². The first-order valence-corrected chi connectivity index (χ1v) is 8.72. The van der Waals surface area contributed by atoms with Gasteiger partial charge in [0.1, 0.15) is 0 Å². The topological polar surface area (TPSA) is 18.5 Å². The average Bonchev–Trinajstić information content (AvgIpc) is 2.40. The Morgan fingerprint density at radius 1 is 1.28 bits per heavy atom. The number of ether oxygens (including phenoxy) is 1. The van der Waals surface area contributed by atoms with E-state index in [1.807, 2.05) is 6.08 Å². The monoisotopic (exact) mass is 264 g/mol. The molecular weight excluding hydrogens is 240 g/mol. The lowest BCUT2D eigenvalue weighted by Gasteiger charge is -2.14. The minimum absolute atomic E-state index is 0.813. The van der Waals surface area contributed by atoms with Gasteiger partial charge in [-0.25, -0.2) is 0 Å². The Hall–Kier alpha value is -0.903. The summed E-state index contributed by atoms with van der Waals surface area (Å²) < 4.78 is 11.2. The first-order valence-electron chi connectivity index (χ1n) is 6.62. The van der Waals surface area contributed by atoms with Gasteiger partial charge in [0, 0.05) is 13.7 Å². The highest BCUT2D eigenvalue weighted by molar-refractivity contribution is 6.51. The highest BCUT2D eigenvalue weighted by atomic mass is 28.3. The Morgan fingerprint density at radius 2 is 2.00 bits per heavy atom. The third-order valence-corrected chi connectivity index (χ3v) is 5.56. The molecule has 18 heavy (non-hydrogen) atoms. The third-order valence-electron chi connectivity index (χ3n) is 2.92. The maximum Gasteiger partial charge on any atom is 0.202 e. The van der Waals surface area contributed by atoms with Crippen molar-refractivity contribution in [2.45, 2.75) is 25.8 Å². The van der Waals surface area contributed by atoms with Gasteiger partial charge in [0.2, 0.25) is 9.04 Å². The second kappa shape index (κ2) is 9.08. The lowest BCUT2D eigenvalue weighted by atomic mass is 10.1. The summed E-state index contributed by atoms with van der Waals surface area (Å²) in [5.41, 5.74) is 2.49. The van der Waals surface area contributed by atoms with Crippen LogP contribution in [0.15, 0.2) is 30.8 Å². The molecule has 0 aliphatic carbocycles. The van der Waals surface area contributed by atoms with Gasteiger partial charge >= 0.3 is 0 Å². The summed E-state index contributed by atoms with van der Waals surface area (Å²) >= 11 is 0. The Kier molecular flexibility index (Phi) is 7.65. The van der Waals surface area contributed by atoms with E-state index in [1.54, 1.807) is 7.11 Å².